The smallest absolute Gasteiger partial charge is 0.150 e. The number of hydrogen-bond acceptors (Lipinski definition) is 4. The van der Waals surface area contributed by atoms with Crippen molar-refractivity contribution in [3.8, 4) is 28.0 Å². The second-order valence-electron chi connectivity index (χ2n) is 7.39. The van der Waals surface area contributed by atoms with E-state index in [1.54, 1.807) is 0 Å². The predicted molar refractivity (Wildman–Crippen MR) is 107 cm³/mol. The molecule has 0 aliphatic carbocycles. The topological polar surface area (TPSA) is 58.9 Å². The minimum Gasteiger partial charge on any atom is -0.484 e. The fraction of sp³-hybridized carbons (Fsp3) is 0.250. The van der Waals surface area contributed by atoms with Gasteiger partial charge >= 0.3 is 0 Å². The van der Waals surface area contributed by atoms with Crippen LogP contribution in [-0.2, 0) is 11.3 Å². The van der Waals surface area contributed by atoms with Crippen LogP contribution in [0, 0.1) is 6.92 Å². The maximum absolute atomic E-state index is 10.6. The van der Waals surface area contributed by atoms with Crippen LogP contribution in [0.25, 0.3) is 22.3 Å². The average molecular weight is 374 g/mol. The highest BCUT2D eigenvalue weighted by Gasteiger charge is 2.45. The Bertz CT molecular complexity index is 1010. The molecule has 0 fully saturated rings. The van der Waals surface area contributed by atoms with E-state index in [0.717, 1.165) is 44.7 Å². The minimum atomic E-state index is -0.885. The average Bonchev–Trinajstić information content (AvgIpc) is 3.20. The van der Waals surface area contributed by atoms with Gasteiger partial charge in [0.05, 0.1) is 13.2 Å². The predicted octanol–water partition coefficient (Wildman–Crippen LogP) is 4.01. The van der Waals surface area contributed by atoms with Gasteiger partial charge in [0, 0.05) is 11.1 Å². The van der Waals surface area contributed by atoms with Gasteiger partial charge in [-0.05, 0) is 34.7 Å². The van der Waals surface area contributed by atoms with E-state index in [1.165, 1.54) is 0 Å². The molecule has 0 saturated heterocycles. The minimum absolute atomic E-state index is 0.265. The van der Waals surface area contributed by atoms with Gasteiger partial charge in [0.15, 0.2) is 6.10 Å². The lowest BCUT2D eigenvalue weighted by Gasteiger charge is -2.35. The summed E-state index contributed by atoms with van der Waals surface area (Å²) in [6.07, 6.45) is -2.07. The van der Waals surface area contributed by atoms with E-state index in [4.69, 9.17) is 9.47 Å². The Morgan fingerprint density at radius 3 is 2.14 bits per heavy atom. The molecule has 0 amide bonds. The molecule has 2 aliphatic heterocycles. The third kappa shape index (κ3) is 2.49. The largest absolute Gasteiger partial charge is 0.484 e. The zero-order valence-electron chi connectivity index (χ0n) is 15.6. The second kappa shape index (κ2) is 6.74. The van der Waals surface area contributed by atoms with Gasteiger partial charge in [0.2, 0.25) is 0 Å². The molecule has 2 heterocycles. The first kappa shape index (κ1) is 17.4. The van der Waals surface area contributed by atoms with Crippen LogP contribution < -0.4 is 4.74 Å². The van der Waals surface area contributed by atoms with E-state index in [0.29, 0.717) is 6.61 Å². The van der Waals surface area contributed by atoms with Crippen molar-refractivity contribution in [2.45, 2.75) is 31.8 Å². The van der Waals surface area contributed by atoms with Crippen molar-refractivity contribution in [1.29, 1.82) is 0 Å². The summed E-state index contributed by atoms with van der Waals surface area (Å²) in [5, 5.41) is 20.4. The summed E-state index contributed by atoms with van der Waals surface area (Å²) < 4.78 is 12.2. The molecule has 0 spiro atoms. The molecule has 5 rings (SSSR count). The summed E-state index contributed by atoms with van der Waals surface area (Å²) in [7, 11) is 0. The van der Waals surface area contributed by atoms with Crippen molar-refractivity contribution in [3.63, 3.8) is 0 Å². The number of benzene rings is 3. The number of rotatable bonds is 3. The Labute approximate surface area is 164 Å². The van der Waals surface area contributed by atoms with Gasteiger partial charge in [-0.1, -0.05) is 60.7 Å². The highest BCUT2D eigenvalue weighted by atomic mass is 16.5. The van der Waals surface area contributed by atoms with E-state index in [9.17, 15) is 10.2 Å². The summed E-state index contributed by atoms with van der Waals surface area (Å²) in [5.41, 5.74) is 7.39. The first-order valence-electron chi connectivity index (χ1n) is 9.58. The van der Waals surface area contributed by atoms with Crippen LogP contribution in [0.2, 0.25) is 0 Å². The number of aliphatic hydroxyl groups is 2. The van der Waals surface area contributed by atoms with Crippen LogP contribution in [0.5, 0.6) is 5.75 Å². The van der Waals surface area contributed by atoms with Crippen molar-refractivity contribution < 1.29 is 19.7 Å². The monoisotopic (exact) mass is 374 g/mol. The highest BCUT2D eigenvalue weighted by Crippen LogP contribution is 2.54. The van der Waals surface area contributed by atoms with Crippen molar-refractivity contribution in [2.75, 3.05) is 6.61 Å². The molecule has 4 nitrogen and oxygen atoms in total. The summed E-state index contributed by atoms with van der Waals surface area (Å²) >= 11 is 0. The van der Waals surface area contributed by atoms with E-state index >= 15 is 0 Å². The van der Waals surface area contributed by atoms with Crippen molar-refractivity contribution in [3.05, 3.63) is 77.4 Å². The molecule has 3 aromatic carbocycles. The lowest BCUT2D eigenvalue weighted by Crippen LogP contribution is -2.43. The standard InChI is InChI=1S/C24H22O4/c1-14-17-13-27-24-21(17)23(28-18(12-25)22(24)26)20(16-10-6-3-7-11-16)19(14)15-8-4-2-5-9-15/h2-11,18,22,24-26H,12-13H2,1H3/t18-,22-,24-/m1/s1. The van der Waals surface area contributed by atoms with E-state index in [1.807, 2.05) is 36.4 Å². The normalized spacial score (nSPS) is 22.6. The van der Waals surface area contributed by atoms with Crippen LogP contribution in [0.3, 0.4) is 0 Å². The van der Waals surface area contributed by atoms with Crippen LogP contribution in [0.15, 0.2) is 60.7 Å². The molecule has 4 heteroatoms. The molecular weight excluding hydrogens is 352 g/mol. The molecule has 0 unspecified atom stereocenters. The third-order valence-electron chi connectivity index (χ3n) is 5.83. The lowest BCUT2D eigenvalue weighted by molar-refractivity contribution is -0.103. The summed E-state index contributed by atoms with van der Waals surface area (Å²) in [4.78, 5) is 0. The second-order valence-corrected chi connectivity index (χ2v) is 7.39. The quantitative estimate of drug-likeness (QED) is 0.727. The highest BCUT2D eigenvalue weighted by molar-refractivity contribution is 5.92. The summed E-state index contributed by atoms with van der Waals surface area (Å²) in [6, 6.07) is 20.4. The molecular formula is C24H22O4. The first-order valence-corrected chi connectivity index (χ1v) is 9.58. The van der Waals surface area contributed by atoms with E-state index < -0.39 is 18.3 Å². The van der Waals surface area contributed by atoms with Gasteiger partial charge in [-0.2, -0.15) is 0 Å². The SMILES string of the molecule is Cc1c2c3c(c(-c4ccccc4)c1-c1ccccc1)O[C@H](CO)[C@@H](O)[C@@H]3OC2. The van der Waals surface area contributed by atoms with Crippen LogP contribution >= 0.6 is 0 Å². The molecule has 3 aromatic rings. The fourth-order valence-electron chi connectivity index (χ4n) is 4.47. The molecule has 0 saturated carbocycles. The van der Waals surface area contributed by atoms with Crippen LogP contribution in [0.1, 0.15) is 22.8 Å². The maximum atomic E-state index is 10.6. The number of aliphatic hydroxyl groups excluding tert-OH is 2. The van der Waals surface area contributed by atoms with Crippen molar-refractivity contribution >= 4 is 0 Å². The van der Waals surface area contributed by atoms with Crippen molar-refractivity contribution in [2.24, 2.45) is 0 Å². The zero-order chi connectivity index (χ0) is 19.3. The molecule has 2 aliphatic rings. The van der Waals surface area contributed by atoms with Gasteiger partial charge in [0.25, 0.3) is 0 Å². The molecule has 0 aromatic heterocycles. The van der Waals surface area contributed by atoms with Crippen LogP contribution in [0.4, 0.5) is 0 Å². The third-order valence-corrected chi connectivity index (χ3v) is 5.83. The maximum Gasteiger partial charge on any atom is 0.150 e. The molecule has 0 bridgehead atoms. The Kier molecular flexibility index (Phi) is 4.20. The molecule has 28 heavy (non-hydrogen) atoms. The van der Waals surface area contributed by atoms with Gasteiger partial charge in [-0.25, -0.2) is 0 Å². The fourth-order valence-corrected chi connectivity index (χ4v) is 4.47. The Morgan fingerprint density at radius 2 is 1.54 bits per heavy atom. The van der Waals surface area contributed by atoms with Gasteiger partial charge in [-0.3, -0.25) is 0 Å². The van der Waals surface area contributed by atoms with Gasteiger partial charge in [-0.15, -0.1) is 0 Å². The van der Waals surface area contributed by atoms with Gasteiger partial charge < -0.3 is 19.7 Å². The Hall–Kier alpha value is -2.66. The molecule has 142 valence electrons. The summed E-state index contributed by atoms with van der Waals surface area (Å²) in [6.45, 7) is 2.28. The summed E-state index contributed by atoms with van der Waals surface area (Å²) in [5.74, 6) is 0.720. The van der Waals surface area contributed by atoms with Crippen molar-refractivity contribution in [1.82, 2.24) is 0 Å². The van der Waals surface area contributed by atoms with Gasteiger partial charge in [0.1, 0.15) is 18.0 Å². The molecule has 3 atom stereocenters. The van der Waals surface area contributed by atoms with E-state index in [-0.39, 0.29) is 6.61 Å². The van der Waals surface area contributed by atoms with Crippen LogP contribution in [-0.4, -0.2) is 29.0 Å². The Balaban J connectivity index is 1.87. The Morgan fingerprint density at radius 1 is 0.929 bits per heavy atom. The zero-order valence-corrected chi connectivity index (χ0v) is 15.6. The lowest BCUT2D eigenvalue weighted by atomic mass is 9.82. The number of ether oxygens (including phenoxy) is 2. The molecule has 0 radical (unpaired) electrons. The molecule has 2 N–H and O–H groups in total. The number of hydrogen-bond donors (Lipinski definition) is 2. The van der Waals surface area contributed by atoms with E-state index in [2.05, 4.69) is 31.2 Å². The first-order chi connectivity index (χ1) is 13.7.